The molecule has 0 N–H and O–H groups in total. The van der Waals surface area contributed by atoms with Crippen LogP contribution in [0, 0.1) is 0 Å². The molecular formula is C4H9NP+. The topological polar surface area (TPSA) is 4.36 Å². The van der Waals surface area contributed by atoms with Crippen LogP contribution in [0.4, 0.5) is 0 Å². The molecule has 34 valence electrons. The van der Waals surface area contributed by atoms with Crippen LogP contribution in [0.2, 0.25) is 0 Å². The van der Waals surface area contributed by atoms with Gasteiger partial charge in [0.1, 0.15) is 0 Å². The van der Waals surface area contributed by atoms with Crippen LogP contribution >= 0.6 is 8.88 Å². The van der Waals surface area contributed by atoms with Gasteiger partial charge in [-0.25, -0.2) is 0 Å². The molecule has 0 saturated heterocycles. The van der Waals surface area contributed by atoms with Crippen molar-refractivity contribution in [3.05, 3.63) is 4.59 Å². The Morgan fingerprint density at radius 1 is 1.83 bits per heavy atom. The van der Waals surface area contributed by atoms with Crippen molar-refractivity contribution in [2.45, 2.75) is 26.3 Å². The zero-order valence-electron chi connectivity index (χ0n) is 4.18. The quantitative estimate of drug-likeness (QED) is 0.448. The fraction of sp³-hybridized carbons (Fsp3) is 1.00. The molecule has 0 rings (SSSR count). The number of nitrogens with zero attached hydrogens (tertiary/aromatic N) is 1. The van der Waals surface area contributed by atoms with Crippen LogP contribution in [0.15, 0.2) is 0 Å². The van der Waals surface area contributed by atoms with Gasteiger partial charge in [0.15, 0.2) is 0 Å². The molecule has 1 atom stereocenters. The summed E-state index contributed by atoms with van der Waals surface area (Å²) in [4.78, 5) is 0. The van der Waals surface area contributed by atoms with Crippen molar-refractivity contribution in [1.82, 2.24) is 0 Å². The summed E-state index contributed by atoms with van der Waals surface area (Å²) in [7, 11) is 3.72. The third kappa shape index (κ3) is 2.38. The van der Waals surface area contributed by atoms with Gasteiger partial charge in [0.05, 0.1) is 0 Å². The maximum absolute atomic E-state index is 3.72. The van der Waals surface area contributed by atoms with Gasteiger partial charge in [0.25, 0.3) is 0 Å². The van der Waals surface area contributed by atoms with E-state index in [0.717, 1.165) is 6.42 Å². The van der Waals surface area contributed by atoms with Gasteiger partial charge in [-0.2, -0.15) is 0 Å². The summed E-state index contributed by atoms with van der Waals surface area (Å²) in [6, 6.07) is 0.424. The molecule has 0 radical (unpaired) electrons. The average Bonchev–Trinajstić information content (AvgIpc) is 1.65. The van der Waals surface area contributed by atoms with Gasteiger partial charge in [-0.3, -0.25) is 0 Å². The van der Waals surface area contributed by atoms with E-state index < -0.39 is 0 Å². The van der Waals surface area contributed by atoms with E-state index in [4.69, 9.17) is 0 Å². The van der Waals surface area contributed by atoms with E-state index in [1.165, 1.54) is 0 Å². The molecule has 0 fully saturated rings. The zero-order valence-corrected chi connectivity index (χ0v) is 5.07. The summed E-state index contributed by atoms with van der Waals surface area (Å²) < 4.78 is 3.70. The van der Waals surface area contributed by atoms with Crippen LogP contribution in [0.3, 0.4) is 0 Å². The Kier molecular flexibility index (Phi) is 3.41. The second-order valence-corrected chi connectivity index (χ2v) is 1.60. The van der Waals surface area contributed by atoms with Crippen molar-refractivity contribution in [1.29, 1.82) is 0 Å². The molecule has 0 aromatic carbocycles. The van der Waals surface area contributed by atoms with E-state index >= 15 is 0 Å². The molecular weight excluding hydrogens is 93.0 g/mol. The fourth-order valence-corrected chi connectivity index (χ4v) is 0.245. The molecule has 0 aromatic rings. The Morgan fingerprint density at radius 2 is 2.33 bits per heavy atom. The summed E-state index contributed by atoms with van der Waals surface area (Å²) in [6.07, 6.45) is 1.09. The molecule has 0 aliphatic carbocycles. The molecule has 0 spiro atoms. The Balaban J connectivity index is 3.04. The first-order chi connectivity index (χ1) is 2.81. The number of hydrogen-bond donors (Lipinski definition) is 0. The Morgan fingerprint density at radius 3 is 2.33 bits per heavy atom. The molecule has 0 aliphatic heterocycles. The monoisotopic (exact) mass is 102 g/mol. The predicted molar refractivity (Wildman–Crippen MR) is 30.0 cm³/mol. The van der Waals surface area contributed by atoms with Gasteiger partial charge >= 0.3 is 39.8 Å². The van der Waals surface area contributed by atoms with E-state index in [1.54, 1.807) is 0 Å². The average molecular weight is 102 g/mol. The normalized spacial score (nSPS) is 12.8. The number of rotatable bonds is 1. The molecule has 0 saturated carbocycles. The van der Waals surface area contributed by atoms with E-state index in [0.29, 0.717) is 6.04 Å². The van der Waals surface area contributed by atoms with Crippen molar-refractivity contribution in [2.24, 2.45) is 0 Å². The van der Waals surface area contributed by atoms with Gasteiger partial charge in [-0.1, -0.05) is 0 Å². The van der Waals surface area contributed by atoms with Crippen LogP contribution in [-0.2, 0) is 0 Å². The first kappa shape index (κ1) is 6.14. The Labute approximate surface area is 40.8 Å². The van der Waals surface area contributed by atoms with Gasteiger partial charge < -0.3 is 0 Å². The maximum atomic E-state index is 3.72. The second kappa shape index (κ2) is 3.33. The molecule has 0 aromatic heterocycles. The van der Waals surface area contributed by atoms with Crippen LogP contribution in [0.5, 0.6) is 0 Å². The van der Waals surface area contributed by atoms with Crippen molar-refractivity contribution in [3.63, 3.8) is 0 Å². The zero-order chi connectivity index (χ0) is 4.99. The molecule has 0 amide bonds. The number of hydrogen-bond acceptors (Lipinski definition) is 0. The van der Waals surface area contributed by atoms with Crippen LogP contribution < -0.4 is 0 Å². The third-order valence-corrected chi connectivity index (χ3v) is 1.18. The first-order valence-electron chi connectivity index (χ1n) is 2.15. The summed E-state index contributed by atoms with van der Waals surface area (Å²) in [5.74, 6) is 0. The van der Waals surface area contributed by atoms with Crippen LogP contribution in [0.1, 0.15) is 20.3 Å². The van der Waals surface area contributed by atoms with Gasteiger partial charge in [-0.05, 0) is 0 Å². The van der Waals surface area contributed by atoms with Crippen molar-refractivity contribution < 1.29 is 0 Å². The summed E-state index contributed by atoms with van der Waals surface area (Å²) in [5.41, 5.74) is 0. The molecule has 0 heterocycles. The SMILES string of the molecule is CCC(C)[N+]#P. The molecule has 1 nitrogen and oxygen atoms in total. The molecule has 2 heteroatoms. The minimum absolute atomic E-state index is 0.424. The van der Waals surface area contributed by atoms with Crippen LogP contribution in [-0.4, -0.2) is 6.04 Å². The van der Waals surface area contributed by atoms with Crippen molar-refractivity contribution >= 4 is 8.88 Å². The summed E-state index contributed by atoms with van der Waals surface area (Å²) >= 11 is 0. The van der Waals surface area contributed by atoms with Crippen LogP contribution in [0.25, 0.3) is 4.59 Å². The van der Waals surface area contributed by atoms with Crippen molar-refractivity contribution in [2.75, 3.05) is 0 Å². The van der Waals surface area contributed by atoms with Gasteiger partial charge in [-0.15, -0.1) is 0 Å². The van der Waals surface area contributed by atoms with Gasteiger partial charge in [0, 0.05) is 0 Å². The van der Waals surface area contributed by atoms with Crippen molar-refractivity contribution in [3.8, 4) is 0 Å². The molecule has 6 heavy (non-hydrogen) atoms. The van der Waals surface area contributed by atoms with E-state index in [-0.39, 0.29) is 0 Å². The predicted octanol–water partition coefficient (Wildman–Crippen LogP) is 2.48. The molecule has 1 unspecified atom stereocenters. The molecule has 0 bridgehead atoms. The van der Waals surface area contributed by atoms with Gasteiger partial charge in [0.2, 0.25) is 0 Å². The third-order valence-electron chi connectivity index (χ3n) is 0.788. The van der Waals surface area contributed by atoms with E-state index in [9.17, 15) is 0 Å². The first-order valence-corrected chi connectivity index (χ1v) is 2.55. The minimum atomic E-state index is 0.424. The summed E-state index contributed by atoms with van der Waals surface area (Å²) in [5, 5.41) is 0. The fourth-order valence-electron chi connectivity index (χ4n) is 0.0816. The second-order valence-electron chi connectivity index (χ2n) is 1.37. The van der Waals surface area contributed by atoms with E-state index in [1.807, 2.05) is 6.92 Å². The summed E-state index contributed by atoms with van der Waals surface area (Å²) in [6.45, 7) is 4.12. The van der Waals surface area contributed by atoms with E-state index in [2.05, 4.69) is 20.4 Å². The standard InChI is InChI=1S/C4H9NP/c1-3-4(2)5-6/h4H,3H2,1-2H3/q+1. The molecule has 0 aliphatic rings. The Hall–Kier alpha value is 0.140. The Bertz CT molecular complexity index is 64.4.